The van der Waals surface area contributed by atoms with Crippen LogP contribution >= 0.6 is 11.3 Å². The minimum atomic E-state index is 0.827. The van der Waals surface area contributed by atoms with Gasteiger partial charge in [0.15, 0.2) is 0 Å². The summed E-state index contributed by atoms with van der Waals surface area (Å²) >= 11 is 1.85. The van der Waals surface area contributed by atoms with Crippen LogP contribution < -0.4 is 0 Å². The van der Waals surface area contributed by atoms with Crippen molar-refractivity contribution in [3.8, 4) is 22.4 Å². The van der Waals surface area contributed by atoms with E-state index in [4.69, 9.17) is 9.97 Å². The lowest BCUT2D eigenvalue weighted by atomic mass is 9.85. The zero-order chi connectivity index (χ0) is 23.9. The number of rotatable bonds is 4. The lowest BCUT2D eigenvalue weighted by Crippen LogP contribution is -2.09. The Labute approximate surface area is 212 Å². The minimum absolute atomic E-state index is 0.827. The summed E-state index contributed by atoms with van der Waals surface area (Å²) in [6, 6.07) is 18.1. The van der Waals surface area contributed by atoms with E-state index in [0.717, 1.165) is 17.1 Å². The molecule has 5 aromatic rings. The summed E-state index contributed by atoms with van der Waals surface area (Å²) in [7, 11) is 0. The Morgan fingerprint density at radius 3 is 2.40 bits per heavy atom. The number of pyridine rings is 2. The highest BCUT2D eigenvalue weighted by Gasteiger charge is 2.17. The molecule has 6 rings (SSSR count). The van der Waals surface area contributed by atoms with Crippen LogP contribution in [0.5, 0.6) is 0 Å². The summed E-state index contributed by atoms with van der Waals surface area (Å²) < 4.78 is 2.52. The van der Waals surface area contributed by atoms with Gasteiger partial charge in [0.05, 0.1) is 15.9 Å². The third-order valence-corrected chi connectivity index (χ3v) is 8.84. The fourth-order valence-electron chi connectivity index (χ4n) is 6.12. The monoisotopic (exact) mass is 476 g/mol. The molecular formula is C32H32N2S. The Morgan fingerprint density at radius 1 is 0.829 bits per heavy atom. The number of thiophene rings is 1. The smallest absolute Gasteiger partial charge is 0.0895 e. The number of hydrogen-bond acceptors (Lipinski definition) is 3. The highest BCUT2D eigenvalue weighted by molar-refractivity contribution is 7.26. The normalized spacial score (nSPS) is 14.7. The van der Waals surface area contributed by atoms with E-state index < -0.39 is 0 Å². The molecule has 176 valence electrons. The molecule has 3 heterocycles. The second-order valence-corrected chi connectivity index (χ2v) is 11.4. The largest absolute Gasteiger partial charge is 0.256 e. The summed E-state index contributed by atoms with van der Waals surface area (Å²) in [6.07, 6.45) is 12.0. The SMILES string of the molecule is Cc1cc(C)c(-c2ccc3c(c2)sc2c(-c4cc(CC5CCCCC5)ccn4)ccnc23)c(C)c1. The van der Waals surface area contributed by atoms with Crippen molar-refractivity contribution in [3.05, 3.63) is 83.2 Å². The predicted molar refractivity (Wildman–Crippen MR) is 150 cm³/mol. The minimum Gasteiger partial charge on any atom is -0.256 e. The Kier molecular flexibility index (Phi) is 5.89. The average molecular weight is 477 g/mol. The van der Waals surface area contributed by atoms with E-state index in [1.54, 1.807) is 0 Å². The fraction of sp³-hybridized carbons (Fsp3) is 0.312. The van der Waals surface area contributed by atoms with Gasteiger partial charge in [0.2, 0.25) is 0 Å². The van der Waals surface area contributed by atoms with Gasteiger partial charge in [-0.3, -0.25) is 9.97 Å². The number of fused-ring (bicyclic) bond motifs is 3. The molecule has 0 bridgehead atoms. The standard InChI is InChI=1S/C32H32N2S/c1-20-15-21(2)30(22(3)16-20)25-9-10-27-29(19-25)35-32-26(12-14-34-31(27)32)28-18-24(11-13-33-28)17-23-7-5-4-6-8-23/h9-16,18-19,23H,4-8,17H2,1-3H3. The molecule has 1 saturated carbocycles. The molecule has 0 N–H and O–H groups in total. The van der Waals surface area contributed by atoms with Gasteiger partial charge < -0.3 is 0 Å². The van der Waals surface area contributed by atoms with E-state index in [9.17, 15) is 0 Å². The van der Waals surface area contributed by atoms with Gasteiger partial charge in [-0.2, -0.15) is 0 Å². The zero-order valence-electron chi connectivity index (χ0n) is 20.9. The van der Waals surface area contributed by atoms with E-state index in [2.05, 4.69) is 69.3 Å². The summed E-state index contributed by atoms with van der Waals surface area (Å²) in [6.45, 7) is 6.61. The van der Waals surface area contributed by atoms with Crippen molar-refractivity contribution < 1.29 is 0 Å². The van der Waals surface area contributed by atoms with Crippen molar-refractivity contribution in [2.24, 2.45) is 5.92 Å². The number of aromatic nitrogens is 2. The van der Waals surface area contributed by atoms with Crippen molar-refractivity contribution >= 4 is 31.6 Å². The van der Waals surface area contributed by atoms with Crippen LogP contribution in [0.25, 0.3) is 42.7 Å². The number of benzene rings is 2. The van der Waals surface area contributed by atoms with Gasteiger partial charge in [0, 0.05) is 28.0 Å². The lowest BCUT2D eigenvalue weighted by molar-refractivity contribution is 0.356. The Hall–Kier alpha value is -3.04. The molecular weight excluding hydrogens is 444 g/mol. The Morgan fingerprint density at radius 2 is 1.60 bits per heavy atom. The lowest BCUT2D eigenvalue weighted by Gasteiger charge is -2.21. The van der Waals surface area contributed by atoms with E-state index in [0.29, 0.717) is 0 Å². The Bertz CT molecular complexity index is 1520. The quantitative estimate of drug-likeness (QED) is 0.258. The number of nitrogens with zero attached hydrogens (tertiary/aromatic N) is 2. The number of hydrogen-bond donors (Lipinski definition) is 0. The van der Waals surface area contributed by atoms with Crippen molar-refractivity contribution in [2.45, 2.75) is 59.3 Å². The van der Waals surface area contributed by atoms with Crippen molar-refractivity contribution in [1.82, 2.24) is 9.97 Å². The maximum Gasteiger partial charge on any atom is 0.0895 e. The van der Waals surface area contributed by atoms with Crippen LogP contribution in [0, 0.1) is 26.7 Å². The summed E-state index contributed by atoms with van der Waals surface area (Å²) in [4.78, 5) is 9.60. The topological polar surface area (TPSA) is 25.8 Å². The molecule has 0 amide bonds. The van der Waals surface area contributed by atoms with Crippen LogP contribution in [0.4, 0.5) is 0 Å². The second kappa shape index (κ2) is 9.20. The van der Waals surface area contributed by atoms with Gasteiger partial charge >= 0.3 is 0 Å². The van der Waals surface area contributed by atoms with Gasteiger partial charge in [-0.15, -0.1) is 11.3 Å². The maximum absolute atomic E-state index is 4.80. The molecule has 1 fully saturated rings. The molecule has 0 saturated heterocycles. The third kappa shape index (κ3) is 4.27. The van der Waals surface area contributed by atoms with Gasteiger partial charge in [0.1, 0.15) is 0 Å². The molecule has 1 aliphatic rings. The molecule has 0 radical (unpaired) electrons. The summed E-state index contributed by atoms with van der Waals surface area (Å²) in [5.74, 6) is 0.827. The molecule has 3 aromatic heterocycles. The van der Waals surface area contributed by atoms with Crippen molar-refractivity contribution in [3.63, 3.8) is 0 Å². The van der Waals surface area contributed by atoms with Gasteiger partial charge in [-0.1, -0.05) is 61.9 Å². The van der Waals surface area contributed by atoms with Gasteiger partial charge in [-0.05, 0) is 85.2 Å². The maximum atomic E-state index is 4.80. The fourth-order valence-corrected chi connectivity index (χ4v) is 7.34. The highest BCUT2D eigenvalue weighted by Crippen LogP contribution is 2.41. The average Bonchev–Trinajstić information content (AvgIpc) is 3.22. The van der Waals surface area contributed by atoms with E-state index in [-0.39, 0.29) is 0 Å². The third-order valence-electron chi connectivity index (χ3n) is 7.67. The molecule has 1 aliphatic carbocycles. The van der Waals surface area contributed by atoms with Crippen LogP contribution in [-0.2, 0) is 6.42 Å². The molecule has 0 spiro atoms. The first-order chi connectivity index (χ1) is 17.1. The van der Waals surface area contributed by atoms with E-state index >= 15 is 0 Å². The first-order valence-corrected chi connectivity index (χ1v) is 13.7. The molecule has 0 unspecified atom stereocenters. The zero-order valence-corrected chi connectivity index (χ0v) is 21.7. The summed E-state index contributed by atoms with van der Waals surface area (Å²) in [5, 5.41) is 1.23. The number of aryl methyl sites for hydroxylation is 3. The van der Waals surface area contributed by atoms with Crippen LogP contribution in [0.3, 0.4) is 0 Å². The van der Waals surface area contributed by atoms with Gasteiger partial charge in [-0.25, -0.2) is 0 Å². The Balaban J connectivity index is 1.42. The van der Waals surface area contributed by atoms with Crippen LogP contribution in [-0.4, -0.2) is 9.97 Å². The first kappa shape index (κ1) is 22.4. The van der Waals surface area contributed by atoms with E-state index in [1.807, 2.05) is 23.7 Å². The van der Waals surface area contributed by atoms with Crippen LogP contribution in [0.15, 0.2) is 60.9 Å². The molecule has 35 heavy (non-hydrogen) atoms. The second-order valence-electron chi connectivity index (χ2n) is 10.4. The van der Waals surface area contributed by atoms with Gasteiger partial charge in [0.25, 0.3) is 0 Å². The van der Waals surface area contributed by atoms with Crippen LogP contribution in [0.2, 0.25) is 0 Å². The summed E-state index contributed by atoms with van der Waals surface area (Å²) in [5.41, 5.74) is 11.4. The van der Waals surface area contributed by atoms with Crippen molar-refractivity contribution in [2.75, 3.05) is 0 Å². The van der Waals surface area contributed by atoms with Crippen molar-refractivity contribution in [1.29, 1.82) is 0 Å². The molecule has 0 aliphatic heterocycles. The van der Waals surface area contributed by atoms with Crippen LogP contribution in [0.1, 0.15) is 54.4 Å². The molecule has 2 aromatic carbocycles. The molecule has 2 nitrogen and oxygen atoms in total. The highest BCUT2D eigenvalue weighted by atomic mass is 32.1. The predicted octanol–water partition coefficient (Wildman–Crippen LogP) is 9.23. The molecule has 0 atom stereocenters. The first-order valence-electron chi connectivity index (χ1n) is 12.9. The van der Waals surface area contributed by atoms with E-state index in [1.165, 1.54) is 92.3 Å². The molecule has 3 heteroatoms.